The zero-order valence-corrected chi connectivity index (χ0v) is 19.8. The number of carbonyl (C=O) groups excluding carboxylic acids is 1. The minimum Gasteiger partial charge on any atom is -0.337 e. The van der Waals surface area contributed by atoms with Gasteiger partial charge in [0, 0.05) is 36.4 Å². The third kappa shape index (κ3) is 4.27. The minimum absolute atomic E-state index is 0.0378. The zero-order chi connectivity index (χ0) is 23.8. The number of imidazole rings is 1. The Morgan fingerprint density at radius 3 is 2.53 bits per heavy atom. The van der Waals surface area contributed by atoms with Crippen molar-refractivity contribution < 1.29 is 9.18 Å². The maximum atomic E-state index is 14.7. The number of aromatic nitrogens is 4. The van der Waals surface area contributed by atoms with Gasteiger partial charge < -0.3 is 19.7 Å². The van der Waals surface area contributed by atoms with E-state index in [9.17, 15) is 9.18 Å². The maximum absolute atomic E-state index is 14.7. The number of carbonyl (C=O) groups is 1. The van der Waals surface area contributed by atoms with Crippen LogP contribution in [0.2, 0.25) is 0 Å². The van der Waals surface area contributed by atoms with Crippen LogP contribution in [0.15, 0.2) is 36.7 Å². The number of aryl methyl sites for hydroxylation is 1. The Hall–Kier alpha value is -3.33. The van der Waals surface area contributed by atoms with Crippen LogP contribution in [0.4, 0.5) is 16.0 Å². The normalized spacial score (nSPS) is 18.4. The summed E-state index contributed by atoms with van der Waals surface area (Å²) in [7, 11) is 4.09. The molecule has 2 aromatic heterocycles. The highest BCUT2D eigenvalue weighted by Crippen LogP contribution is 2.36. The Labute approximate surface area is 198 Å². The first kappa shape index (κ1) is 22.5. The van der Waals surface area contributed by atoms with E-state index in [0.717, 1.165) is 43.9 Å². The average molecular weight is 464 g/mol. The van der Waals surface area contributed by atoms with Crippen molar-refractivity contribution in [3.05, 3.63) is 53.9 Å². The Balaban J connectivity index is 1.32. The summed E-state index contributed by atoms with van der Waals surface area (Å²) in [6.45, 7) is 3.45. The number of halogens is 1. The molecule has 0 unspecified atom stereocenters. The van der Waals surface area contributed by atoms with Crippen LogP contribution in [0, 0.1) is 12.7 Å². The van der Waals surface area contributed by atoms with Gasteiger partial charge in [0.1, 0.15) is 11.5 Å². The van der Waals surface area contributed by atoms with Gasteiger partial charge in [-0.1, -0.05) is 0 Å². The third-order valence-corrected chi connectivity index (χ3v) is 6.98. The summed E-state index contributed by atoms with van der Waals surface area (Å²) in [6.07, 6.45) is 7.17. The van der Waals surface area contributed by atoms with Gasteiger partial charge in [-0.05, 0) is 71.0 Å². The minimum atomic E-state index is -0.478. The van der Waals surface area contributed by atoms with Gasteiger partial charge in [0.25, 0.3) is 5.91 Å². The fourth-order valence-corrected chi connectivity index (χ4v) is 4.70. The van der Waals surface area contributed by atoms with Crippen LogP contribution in [0.5, 0.6) is 0 Å². The van der Waals surface area contributed by atoms with Crippen LogP contribution in [0.1, 0.15) is 47.9 Å². The summed E-state index contributed by atoms with van der Waals surface area (Å²) in [5, 5.41) is 3.13. The first-order valence-corrected chi connectivity index (χ1v) is 11.8. The second kappa shape index (κ2) is 9.13. The van der Waals surface area contributed by atoms with Crippen molar-refractivity contribution >= 4 is 17.5 Å². The number of benzene rings is 1. The smallest absolute Gasteiger partial charge is 0.253 e. The molecule has 0 spiro atoms. The molecule has 2 aliphatic rings. The van der Waals surface area contributed by atoms with Gasteiger partial charge in [-0.2, -0.15) is 0 Å². The van der Waals surface area contributed by atoms with E-state index in [4.69, 9.17) is 0 Å². The fourth-order valence-electron chi connectivity index (χ4n) is 4.70. The lowest BCUT2D eigenvalue weighted by Gasteiger charge is -2.29. The Bertz CT molecular complexity index is 1190. The lowest BCUT2D eigenvalue weighted by molar-refractivity contribution is 0.0783. The van der Waals surface area contributed by atoms with E-state index in [-0.39, 0.29) is 11.6 Å². The summed E-state index contributed by atoms with van der Waals surface area (Å²) in [5.41, 5.74) is 2.28. The SMILES string of the molecule is Cc1ncc(-c2nc(Nc3ccc(C(=O)N4CC[C@H](N(C)C)C4)cc3)ncc2F)n1C1CCC1. The van der Waals surface area contributed by atoms with Gasteiger partial charge in [0.05, 0.1) is 18.1 Å². The molecule has 5 rings (SSSR count). The Kier molecular flexibility index (Phi) is 6.03. The number of likely N-dealkylation sites (tertiary alicyclic amines) is 1. The molecule has 1 aliphatic carbocycles. The van der Waals surface area contributed by atoms with E-state index in [2.05, 4.69) is 29.7 Å². The van der Waals surface area contributed by atoms with Gasteiger partial charge >= 0.3 is 0 Å². The zero-order valence-electron chi connectivity index (χ0n) is 19.8. The lowest BCUT2D eigenvalue weighted by Crippen LogP contribution is -2.34. The molecule has 34 heavy (non-hydrogen) atoms. The van der Waals surface area contributed by atoms with Crippen molar-refractivity contribution in [2.24, 2.45) is 0 Å². The standard InChI is InChI=1S/C25H30FN7O/c1-16-27-14-22(33(16)19-5-4-6-19)23-21(26)13-28-25(30-23)29-18-9-7-17(8-10-18)24(34)32-12-11-20(15-32)31(2)3/h7-10,13-14,19-20H,4-6,11-12,15H2,1-3H3,(H,28,29,30)/t20-/m0/s1. The molecule has 0 radical (unpaired) electrons. The molecule has 2 fully saturated rings. The van der Waals surface area contributed by atoms with E-state index < -0.39 is 5.82 Å². The van der Waals surface area contributed by atoms with Crippen molar-refractivity contribution in [2.75, 3.05) is 32.5 Å². The Morgan fingerprint density at radius 1 is 1.12 bits per heavy atom. The van der Waals surface area contributed by atoms with Crippen LogP contribution < -0.4 is 5.32 Å². The third-order valence-electron chi connectivity index (χ3n) is 6.98. The predicted molar refractivity (Wildman–Crippen MR) is 129 cm³/mol. The summed E-state index contributed by atoms with van der Waals surface area (Å²) < 4.78 is 16.8. The molecule has 178 valence electrons. The monoisotopic (exact) mass is 463 g/mol. The molecule has 0 bridgehead atoms. The number of anilines is 2. The molecule has 1 amide bonds. The van der Waals surface area contributed by atoms with Gasteiger partial charge in [0.2, 0.25) is 5.95 Å². The highest BCUT2D eigenvalue weighted by atomic mass is 19.1. The molecule has 1 aromatic carbocycles. The first-order valence-electron chi connectivity index (χ1n) is 11.8. The summed E-state index contributed by atoms with van der Waals surface area (Å²) in [5.74, 6) is 0.717. The number of nitrogens with zero attached hydrogens (tertiary/aromatic N) is 6. The van der Waals surface area contributed by atoms with Crippen LogP contribution in [-0.4, -0.2) is 68.5 Å². The van der Waals surface area contributed by atoms with Crippen molar-refractivity contribution in [1.29, 1.82) is 0 Å². The van der Waals surface area contributed by atoms with Crippen molar-refractivity contribution in [3.8, 4) is 11.4 Å². The fraction of sp³-hybridized carbons (Fsp3) is 0.440. The van der Waals surface area contributed by atoms with Crippen LogP contribution in [-0.2, 0) is 0 Å². The van der Waals surface area contributed by atoms with Gasteiger partial charge in [-0.15, -0.1) is 0 Å². The molecule has 1 saturated carbocycles. The van der Waals surface area contributed by atoms with Crippen molar-refractivity contribution in [1.82, 2.24) is 29.3 Å². The summed E-state index contributed by atoms with van der Waals surface area (Å²) >= 11 is 0. The number of rotatable bonds is 6. The molecule has 1 aliphatic heterocycles. The molecule has 1 atom stereocenters. The largest absolute Gasteiger partial charge is 0.337 e. The molecular formula is C25H30FN7O. The quantitative estimate of drug-likeness (QED) is 0.595. The van der Waals surface area contributed by atoms with Crippen molar-refractivity contribution in [2.45, 2.75) is 44.7 Å². The van der Waals surface area contributed by atoms with Gasteiger partial charge in [0.15, 0.2) is 5.82 Å². The topological polar surface area (TPSA) is 79.2 Å². The van der Waals surface area contributed by atoms with Crippen molar-refractivity contribution in [3.63, 3.8) is 0 Å². The molecule has 1 N–H and O–H groups in total. The van der Waals surface area contributed by atoms with Crippen LogP contribution >= 0.6 is 0 Å². The molecule has 9 heteroatoms. The van der Waals surface area contributed by atoms with Crippen LogP contribution in [0.25, 0.3) is 11.4 Å². The lowest BCUT2D eigenvalue weighted by atomic mass is 9.92. The second-order valence-electron chi connectivity index (χ2n) is 9.40. The van der Waals surface area contributed by atoms with Crippen LogP contribution in [0.3, 0.4) is 0 Å². The van der Waals surface area contributed by atoms with Gasteiger partial charge in [-0.3, -0.25) is 4.79 Å². The van der Waals surface area contributed by atoms with E-state index in [1.165, 1.54) is 12.6 Å². The number of likely N-dealkylation sites (N-methyl/N-ethyl adjacent to an activating group) is 1. The molecule has 3 aromatic rings. The number of nitrogens with one attached hydrogen (secondary N) is 1. The molecule has 8 nitrogen and oxygen atoms in total. The molecular weight excluding hydrogens is 433 g/mol. The Morgan fingerprint density at radius 2 is 1.88 bits per heavy atom. The maximum Gasteiger partial charge on any atom is 0.253 e. The van der Waals surface area contributed by atoms with Gasteiger partial charge in [-0.25, -0.2) is 19.3 Å². The highest BCUT2D eigenvalue weighted by molar-refractivity contribution is 5.94. The number of hydrogen-bond donors (Lipinski definition) is 1. The highest BCUT2D eigenvalue weighted by Gasteiger charge is 2.28. The molecule has 3 heterocycles. The van der Waals surface area contributed by atoms with E-state index in [0.29, 0.717) is 29.3 Å². The summed E-state index contributed by atoms with van der Waals surface area (Å²) in [4.78, 5) is 29.9. The van der Waals surface area contributed by atoms with E-state index >= 15 is 0 Å². The average Bonchev–Trinajstić information content (AvgIpc) is 3.42. The van der Waals surface area contributed by atoms with E-state index in [1.807, 2.05) is 38.1 Å². The van der Waals surface area contributed by atoms with E-state index in [1.54, 1.807) is 18.3 Å². The second-order valence-corrected chi connectivity index (χ2v) is 9.40. The number of hydrogen-bond acceptors (Lipinski definition) is 6. The molecule has 1 saturated heterocycles. The first-order chi connectivity index (χ1) is 16.4. The predicted octanol–water partition coefficient (Wildman–Crippen LogP) is 4.03. The summed E-state index contributed by atoms with van der Waals surface area (Å²) in [6, 6.07) is 7.99. The number of amides is 1.